The second kappa shape index (κ2) is 16.5. The average molecular weight is 742 g/mol. The van der Waals surface area contributed by atoms with Crippen LogP contribution in [0.15, 0.2) is 195 Å². The highest BCUT2D eigenvalue weighted by Crippen LogP contribution is 2.56. The summed E-state index contributed by atoms with van der Waals surface area (Å²) in [4.78, 5) is 2.34. The van der Waals surface area contributed by atoms with Crippen LogP contribution in [0, 0.1) is 6.92 Å². The first-order valence-corrected chi connectivity index (χ1v) is 20.2. The number of anilines is 3. The Morgan fingerprint density at radius 1 is 0.702 bits per heavy atom. The molecule has 0 saturated carbocycles. The van der Waals surface area contributed by atoms with Crippen LogP contribution in [-0.4, -0.2) is 0 Å². The number of hydrogen-bond acceptors (Lipinski definition) is 1. The number of nitrogens with zero attached hydrogens (tertiary/aromatic N) is 1. The molecule has 0 spiro atoms. The number of benzene rings is 6. The lowest BCUT2D eigenvalue weighted by Crippen LogP contribution is -2.30. The molecule has 284 valence electrons. The highest BCUT2D eigenvalue weighted by molar-refractivity contribution is 5.87. The Kier molecular flexibility index (Phi) is 11.3. The van der Waals surface area contributed by atoms with Gasteiger partial charge in [-0.25, -0.2) is 0 Å². The smallest absolute Gasteiger partial charge is 0.0503 e. The minimum absolute atomic E-state index is 0.0885. The zero-order valence-corrected chi connectivity index (χ0v) is 34.5. The van der Waals surface area contributed by atoms with Crippen molar-refractivity contribution in [3.63, 3.8) is 0 Å². The standard InChI is InChI=1S/C56H55N/c1-9-11-14-21-47(20-12-10-2)56(39-42-18-17-19-44(37-42)40(3)4)53-36-41(5)24-34-51(53)52-35-27-45(38-54(52)56)43-25-30-49(31-26-43)57(48-22-15-13-16-23-48)50-32-28-46(29-33-50)55(6,7)8/h9-10,12-38H,1,3,11,39H2,2,4-8H3/b12-10-,21-14-,47-20+. The molecule has 0 saturated heterocycles. The van der Waals surface area contributed by atoms with E-state index in [4.69, 9.17) is 0 Å². The maximum absolute atomic E-state index is 4.29. The molecule has 0 amide bonds. The predicted molar refractivity (Wildman–Crippen MR) is 248 cm³/mol. The van der Waals surface area contributed by atoms with Crippen LogP contribution in [-0.2, 0) is 17.3 Å². The topological polar surface area (TPSA) is 3.24 Å². The Morgan fingerprint density at radius 2 is 1.33 bits per heavy atom. The van der Waals surface area contributed by atoms with E-state index in [1.54, 1.807) is 0 Å². The summed E-state index contributed by atoms with van der Waals surface area (Å²) in [5, 5.41) is 0. The van der Waals surface area contributed by atoms with E-state index in [2.05, 4.69) is 230 Å². The highest BCUT2D eigenvalue weighted by Gasteiger charge is 2.45. The molecular formula is C56H55N. The molecule has 1 nitrogen and oxygen atoms in total. The number of aryl methyl sites for hydroxylation is 1. The molecule has 1 atom stereocenters. The van der Waals surface area contributed by atoms with Gasteiger partial charge in [0.25, 0.3) is 0 Å². The lowest BCUT2D eigenvalue weighted by Gasteiger charge is -2.35. The maximum atomic E-state index is 4.29. The Bertz CT molecular complexity index is 2480. The molecule has 6 aromatic carbocycles. The molecule has 0 fully saturated rings. The molecule has 1 aliphatic rings. The van der Waals surface area contributed by atoms with Gasteiger partial charge in [0.2, 0.25) is 0 Å². The molecule has 0 heterocycles. The molecule has 6 aromatic rings. The van der Waals surface area contributed by atoms with Crippen LogP contribution >= 0.6 is 0 Å². The number of fused-ring (bicyclic) bond motifs is 3. The lowest BCUT2D eigenvalue weighted by molar-refractivity contribution is 0.590. The van der Waals surface area contributed by atoms with E-state index in [0.717, 1.165) is 35.5 Å². The molecule has 57 heavy (non-hydrogen) atoms. The van der Waals surface area contributed by atoms with Gasteiger partial charge >= 0.3 is 0 Å². The largest absolute Gasteiger partial charge is 0.311 e. The minimum Gasteiger partial charge on any atom is -0.311 e. The van der Waals surface area contributed by atoms with Gasteiger partial charge < -0.3 is 4.90 Å². The van der Waals surface area contributed by atoms with Gasteiger partial charge in [0, 0.05) is 17.1 Å². The van der Waals surface area contributed by atoms with Crippen molar-refractivity contribution < 1.29 is 0 Å². The molecule has 7 rings (SSSR count). The summed E-state index contributed by atoms with van der Waals surface area (Å²) in [6.45, 7) is 21.5. The van der Waals surface area contributed by atoms with Crippen LogP contribution in [0.2, 0.25) is 0 Å². The van der Waals surface area contributed by atoms with Crippen LogP contribution in [0.5, 0.6) is 0 Å². The lowest BCUT2D eigenvalue weighted by atomic mass is 9.67. The molecule has 0 N–H and O–H groups in total. The second-order valence-electron chi connectivity index (χ2n) is 16.5. The summed E-state index contributed by atoms with van der Waals surface area (Å²) in [5.41, 5.74) is 18.1. The van der Waals surface area contributed by atoms with E-state index in [-0.39, 0.29) is 5.41 Å². The molecule has 0 aromatic heterocycles. The summed E-state index contributed by atoms with van der Waals surface area (Å²) >= 11 is 0. The van der Waals surface area contributed by atoms with Crippen molar-refractivity contribution in [3.05, 3.63) is 228 Å². The second-order valence-corrected chi connectivity index (χ2v) is 16.5. The number of hydrogen-bond donors (Lipinski definition) is 0. The fourth-order valence-corrected chi connectivity index (χ4v) is 8.33. The third kappa shape index (κ3) is 7.94. The summed E-state index contributed by atoms with van der Waals surface area (Å²) in [6.07, 6.45) is 14.8. The van der Waals surface area contributed by atoms with Gasteiger partial charge in [0.1, 0.15) is 0 Å². The first-order chi connectivity index (χ1) is 27.5. The quantitative estimate of drug-likeness (QED) is 0.0892. The number of para-hydroxylation sites is 1. The van der Waals surface area contributed by atoms with Gasteiger partial charge in [-0.2, -0.15) is 0 Å². The Morgan fingerprint density at radius 3 is 1.98 bits per heavy atom. The summed E-state index contributed by atoms with van der Waals surface area (Å²) in [7, 11) is 0. The zero-order valence-electron chi connectivity index (χ0n) is 34.5. The van der Waals surface area contributed by atoms with Gasteiger partial charge in [0.15, 0.2) is 0 Å². The van der Waals surface area contributed by atoms with Crippen LogP contribution in [0.3, 0.4) is 0 Å². The summed E-state index contributed by atoms with van der Waals surface area (Å²) in [6, 6.07) is 51.8. The SMILES string of the molecule is C=CC\C=C/C(=C\C=C/C)C1(Cc2cccc(C(=C)C)c2)c2cc(C)ccc2-c2ccc(-c3ccc(N(c4ccccc4)c4ccc(C(C)(C)C)cc4)cc3)cc21. The molecule has 1 aliphatic carbocycles. The molecule has 1 heteroatoms. The Balaban J connectivity index is 1.39. The Hall–Kier alpha value is -6.18. The van der Waals surface area contributed by atoms with Gasteiger partial charge in [-0.15, -0.1) is 6.58 Å². The zero-order chi connectivity index (χ0) is 40.2. The molecule has 1 unspecified atom stereocenters. The van der Waals surface area contributed by atoms with Gasteiger partial charge in [0.05, 0.1) is 5.41 Å². The van der Waals surface area contributed by atoms with Crippen molar-refractivity contribution in [1.82, 2.24) is 0 Å². The van der Waals surface area contributed by atoms with Crippen molar-refractivity contribution in [1.29, 1.82) is 0 Å². The maximum Gasteiger partial charge on any atom is 0.0503 e. The molecular weight excluding hydrogens is 687 g/mol. The van der Waals surface area contributed by atoms with E-state index >= 15 is 0 Å². The van der Waals surface area contributed by atoms with Crippen molar-refractivity contribution in [2.24, 2.45) is 0 Å². The number of rotatable bonds is 12. The summed E-state index contributed by atoms with van der Waals surface area (Å²) in [5.74, 6) is 0. The van der Waals surface area contributed by atoms with E-state index in [1.165, 1.54) is 61.2 Å². The Labute approximate surface area is 341 Å². The van der Waals surface area contributed by atoms with Gasteiger partial charge in [-0.05, 0) is 137 Å². The van der Waals surface area contributed by atoms with Crippen LogP contribution in [0.25, 0.3) is 27.8 Å². The fraction of sp³-hybridized carbons (Fsp3) is 0.179. The third-order valence-electron chi connectivity index (χ3n) is 11.3. The normalized spacial score (nSPS) is 15.2. The van der Waals surface area contributed by atoms with Crippen LogP contribution < -0.4 is 4.90 Å². The third-order valence-corrected chi connectivity index (χ3v) is 11.3. The molecule has 0 bridgehead atoms. The van der Waals surface area contributed by atoms with E-state index in [1.807, 2.05) is 6.08 Å². The first kappa shape index (κ1) is 39.1. The van der Waals surface area contributed by atoms with Crippen LogP contribution in [0.4, 0.5) is 17.1 Å². The van der Waals surface area contributed by atoms with Crippen molar-refractivity contribution in [2.75, 3.05) is 4.90 Å². The first-order valence-electron chi connectivity index (χ1n) is 20.2. The van der Waals surface area contributed by atoms with E-state index in [9.17, 15) is 0 Å². The monoisotopic (exact) mass is 741 g/mol. The average Bonchev–Trinajstić information content (AvgIpc) is 3.48. The molecule has 0 aliphatic heterocycles. The molecule has 0 radical (unpaired) electrons. The predicted octanol–water partition coefficient (Wildman–Crippen LogP) is 15.6. The van der Waals surface area contributed by atoms with Gasteiger partial charge in [-0.1, -0.05) is 172 Å². The van der Waals surface area contributed by atoms with E-state index in [0.29, 0.717) is 0 Å². The highest BCUT2D eigenvalue weighted by atomic mass is 15.1. The van der Waals surface area contributed by atoms with Crippen molar-refractivity contribution in [3.8, 4) is 22.3 Å². The van der Waals surface area contributed by atoms with E-state index < -0.39 is 5.41 Å². The minimum atomic E-state index is -0.444. The van der Waals surface area contributed by atoms with Crippen LogP contribution in [0.1, 0.15) is 74.4 Å². The fourth-order valence-electron chi connectivity index (χ4n) is 8.33. The van der Waals surface area contributed by atoms with Crippen molar-refractivity contribution in [2.45, 2.75) is 65.2 Å². The summed E-state index contributed by atoms with van der Waals surface area (Å²) < 4.78 is 0. The van der Waals surface area contributed by atoms with Crippen molar-refractivity contribution >= 4 is 22.6 Å². The number of allylic oxidation sites excluding steroid dienone is 8. The van der Waals surface area contributed by atoms with Gasteiger partial charge in [-0.3, -0.25) is 0 Å².